The zero-order chi connectivity index (χ0) is 14.1. The van der Waals surface area contributed by atoms with Crippen LogP contribution < -0.4 is 5.32 Å². The van der Waals surface area contributed by atoms with Gasteiger partial charge in [-0.05, 0) is 25.7 Å². The van der Waals surface area contributed by atoms with Crippen molar-refractivity contribution >= 4 is 11.9 Å². The van der Waals surface area contributed by atoms with Crippen LogP contribution in [-0.4, -0.2) is 23.0 Å². The fourth-order valence-electron chi connectivity index (χ4n) is 2.70. The van der Waals surface area contributed by atoms with Crippen molar-refractivity contribution in [2.75, 3.05) is 0 Å². The van der Waals surface area contributed by atoms with E-state index in [1.807, 2.05) is 0 Å². The van der Waals surface area contributed by atoms with Crippen LogP contribution in [0.4, 0.5) is 0 Å². The van der Waals surface area contributed by atoms with Gasteiger partial charge in [-0.15, -0.1) is 0 Å². The molecule has 19 heavy (non-hydrogen) atoms. The molecule has 0 aromatic rings. The van der Waals surface area contributed by atoms with Crippen LogP contribution in [0.15, 0.2) is 0 Å². The number of rotatable bonds is 9. The molecule has 0 spiro atoms. The van der Waals surface area contributed by atoms with Gasteiger partial charge in [0.25, 0.3) is 0 Å². The van der Waals surface area contributed by atoms with Gasteiger partial charge in [0.1, 0.15) is 0 Å². The zero-order valence-electron chi connectivity index (χ0n) is 12.0. The third-order valence-corrected chi connectivity index (χ3v) is 3.90. The predicted octanol–water partition coefficient (Wildman–Crippen LogP) is 3.11. The van der Waals surface area contributed by atoms with Gasteiger partial charge in [-0.3, -0.25) is 9.59 Å². The monoisotopic (exact) mass is 269 g/mol. The second kappa shape index (κ2) is 8.94. The molecular formula is C15H27NO3. The van der Waals surface area contributed by atoms with E-state index in [0.717, 1.165) is 19.3 Å². The summed E-state index contributed by atoms with van der Waals surface area (Å²) in [6.45, 7) is 2.19. The van der Waals surface area contributed by atoms with E-state index in [-0.39, 0.29) is 17.9 Å². The number of hydrogen-bond acceptors (Lipinski definition) is 2. The first kappa shape index (κ1) is 16.0. The summed E-state index contributed by atoms with van der Waals surface area (Å²) in [4.78, 5) is 22.5. The van der Waals surface area contributed by atoms with Crippen molar-refractivity contribution in [3.63, 3.8) is 0 Å². The fraction of sp³-hybridized carbons (Fsp3) is 0.867. The molecule has 0 aliphatic heterocycles. The van der Waals surface area contributed by atoms with E-state index in [4.69, 9.17) is 5.11 Å². The smallest absolute Gasteiger partial charge is 0.306 e. The molecule has 1 saturated carbocycles. The number of unbranched alkanes of at least 4 members (excludes halogenated alkanes) is 5. The number of aliphatic carboxylic acids is 1. The minimum Gasteiger partial charge on any atom is -0.481 e. The van der Waals surface area contributed by atoms with Crippen molar-refractivity contribution in [2.45, 2.75) is 77.2 Å². The average Bonchev–Trinajstić information content (AvgIpc) is 2.82. The quantitative estimate of drug-likeness (QED) is 0.632. The second-order valence-corrected chi connectivity index (χ2v) is 5.63. The number of nitrogens with one attached hydrogen (secondary N) is 1. The van der Waals surface area contributed by atoms with Crippen molar-refractivity contribution in [1.82, 2.24) is 5.32 Å². The topological polar surface area (TPSA) is 66.4 Å². The summed E-state index contributed by atoms with van der Waals surface area (Å²) in [5, 5.41) is 11.9. The Balaban J connectivity index is 2.04. The van der Waals surface area contributed by atoms with Crippen molar-refractivity contribution in [1.29, 1.82) is 0 Å². The first-order chi connectivity index (χ1) is 9.13. The molecule has 1 fully saturated rings. The Labute approximate surface area is 116 Å². The highest BCUT2D eigenvalue weighted by atomic mass is 16.4. The first-order valence-electron chi connectivity index (χ1n) is 7.65. The maximum Gasteiger partial charge on any atom is 0.306 e. The summed E-state index contributed by atoms with van der Waals surface area (Å²) in [5.41, 5.74) is 0. The largest absolute Gasteiger partial charge is 0.481 e. The highest BCUT2D eigenvalue weighted by Crippen LogP contribution is 2.25. The number of carboxylic acids is 1. The van der Waals surface area contributed by atoms with Crippen LogP contribution in [0.1, 0.15) is 71.1 Å². The van der Waals surface area contributed by atoms with Gasteiger partial charge in [-0.2, -0.15) is 0 Å². The molecule has 1 aliphatic rings. The predicted molar refractivity (Wildman–Crippen MR) is 74.9 cm³/mol. The van der Waals surface area contributed by atoms with Gasteiger partial charge >= 0.3 is 5.97 Å². The van der Waals surface area contributed by atoms with E-state index in [1.54, 1.807) is 0 Å². The molecule has 0 aromatic heterocycles. The average molecular weight is 269 g/mol. The number of hydrogen-bond donors (Lipinski definition) is 2. The molecule has 1 amide bonds. The van der Waals surface area contributed by atoms with Crippen LogP contribution in [0, 0.1) is 5.92 Å². The number of carboxylic acid groups (broad SMARTS) is 1. The lowest BCUT2D eigenvalue weighted by Crippen LogP contribution is -2.33. The van der Waals surface area contributed by atoms with Gasteiger partial charge in [0.05, 0.1) is 5.92 Å². The molecule has 4 nitrogen and oxygen atoms in total. The van der Waals surface area contributed by atoms with Gasteiger partial charge in [-0.1, -0.05) is 39.0 Å². The number of carbonyl (C=O) groups is 2. The van der Waals surface area contributed by atoms with Gasteiger partial charge in [0.2, 0.25) is 5.91 Å². The van der Waals surface area contributed by atoms with Crippen molar-refractivity contribution < 1.29 is 14.7 Å². The lowest BCUT2D eigenvalue weighted by molar-refractivity contribution is -0.141. The summed E-state index contributed by atoms with van der Waals surface area (Å²) < 4.78 is 0. The van der Waals surface area contributed by atoms with E-state index in [0.29, 0.717) is 19.3 Å². The molecule has 110 valence electrons. The standard InChI is InChI=1S/C15H27NO3/c1-2-3-4-5-6-7-8-14(17)16-13-10-9-12(11-13)15(18)19/h12-13H,2-11H2,1H3,(H,16,17)(H,18,19). The molecule has 1 aliphatic carbocycles. The Morgan fingerprint density at radius 1 is 1.11 bits per heavy atom. The Hall–Kier alpha value is -1.06. The number of carbonyl (C=O) groups excluding carboxylic acids is 1. The van der Waals surface area contributed by atoms with Crippen LogP contribution in [0.2, 0.25) is 0 Å². The van der Waals surface area contributed by atoms with Crippen LogP contribution in [0.3, 0.4) is 0 Å². The Kier molecular flexibility index (Phi) is 7.53. The highest BCUT2D eigenvalue weighted by Gasteiger charge is 2.30. The molecule has 2 atom stereocenters. The maximum atomic E-state index is 11.7. The van der Waals surface area contributed by atoms with Crippen LogP contribution in [0.5, 0.6) is 0 Å². The maximum absolute atomic E-state index is 11.7. The Morgan fingerprint density at radius 3 is 2.42 bits per heavy atom. The summed E-state index contributed by atoms with van der Waals surface area (Å²) in [6, 6.07) is 0.0775. The van der Waals surface area contributed by atoms with E-state index in [2.05, 4.69) is 12.2 Å². The lowest BCUT2D eigenvalue weighted by Gasteiger charge is -2.12. The van der Waals surface area contributed by atoms with Gasteiger partial charge in [0, 0.05) is 12.5 Å². The summed E-state index contributed by atoms with van der Waals surface area (Å²) >= 11 is 0. The molecule has 2 N–H and O–H groups in total. The SMILES string of the molecule is CCCCCCCCC(=O)NC1CCC(C(=O)O)C1. The van der Waals surface area contributed by atoms with Gasteiger partial charge in [0.15, 0.2) is 0 Å². The normalized spacial score (nSPS) is 22.4. The molecule has 0 radical (unpaired) electrons. The van der Waals surface area contributed by atoms with Crippen LogP contribution >= 0.6 is 0 Å². The van der Waals surface area contributed by atoms with Crippen LogP contribution in [0.25, 0.3) is 0 Å². The molecule has 0 bridgehead atoms. The zero-order valence-corrected chi connectivity index (χ0v) is 12.0. The van der Waals surface area contributed by atoms with E-state index in [1.165, 1.54) is 25.7 Å². The van der Waals surface area contributed by atoms with Crippen molar-refractivity contribution in [2.24, 2.45) is 5.92 Å². The van der Waals surface area contributed by atoms with Crippen molar-refractivity contribution in [3.05, 3.63) is 0 Å². The third kappa shape index (κ3) is 6.60. The second-order valence-electron chi connectivity index (χ2n) is 5.63. The lowest BCUT2D eigenvalue weighted by atomic mass is 10.1. The van der Waals surface area contributed by atoms with E-state index in [9.17, 15) is 9.59 Å². The molecule has 1 rings (SSSR count). The van der Waals surface area contributed by atoms with Gasteiger partial charge < -0.3 is 10.4 Å². The van der Waals surface area contributed by atoms with Crippen molar-refractivity contribution in [3.8, 4) is 0 Å². The van der Waals surface area contributed by atoms with Crippen LogP contribution in [-0.2, 0) is 9.59 Å². The fourth-order valence-corrected chi connectivity index (χ4v) is 2.70. The Bertz CT molecular complexity index is 291. The van der Waals surface area contributed by atoms with Gasteiger partial charge in [-0.25, -0.2) is 0 Å². The van der Waals surface area contributed by atoms with E-state index < -0.39 is 5.97 Å². The molecule has 0 aromatic carbocycles. The highest BCUT2D eigenvalue weighted by molar-refractivity contribution is 5.76. The third-order valence-electron chi connectivity index (χ3n) is 3.90. The summed E-state index contributed by atoms with van der Waals surface area (Å²) in [5.74, 6) is -0.904. The Morgan fingerprint density at radius 2 is 1.79 bits per heavy atom. The molecule has 2 unspecified atom stereocenters. The molecule has 4 heteroatoms. The molecular weight excluding hydrogens is 242 g/mol. The summed E-state index contributed by atoms with van der Waals surface area (Å²) in [6.07, 6.45) is 9.75. The minimum atomic E-state index is -0.729. The number of amides is 1. The first-order valence-corrected chi connectivity index (χ1v) is 7.65. The summed E-state index contributed by atoms with van der Waals surface area (Å²) in [7, 11) is 0. The molecule has 0 saturated heterocycles. The molecule has 0 heterocycles. The minimum absolute atomic E-state index is 0.0775. The van der Waals surface area contributed by atoms with E-state index >= 15 is 0 Å².